The molecule has 2 N–H and O–H groups in total. The van der Waals surface area contributed by atoms with Crippen molar-refractivity contribution < 1.29 is 24.2 Å². The Morgan fingerprint density at radius 3 is 2.37 bits per heavy atom. The summed E-state index contributed by atoms with van der Waals surface area (Å²) in [6.07, 6.45) is 1.68. The summed E-state index contributed by atoms with van der Waals surface area (Å²) >= 11 is 0. The molecule has 7 heteroatoms. The predicted molar refractivity (Wildman–Crippen MR) is 110 cm³/mol. The van der Waals surface area contributed by atoms with E-state index in [1.54, 1.807) is 7.11 Å². The lowest BCUT2D eigenvalue weighted by Gasteiger charge is -2.38. The van der Waals surface area contributed by atoms with Crippen molar-refractivity contribution in [3.63, 3.8) is 0 Å². The number of aliphatic carboxylic acids is 1. The van der Waals surface area contributed by atoms with Gasteiger partial charge in [0.05, 0.1) is 19.1 Å². The summed E-state index contributed by atoms with van der Waals surface area (Å²) in [5, 5.41) is 16.9. The number of ether oxygens (including phenoxy) is 2. The molecule has 0 aliphatic carbocycles. The molecule has 2 aromatic rings. The highest BCUT2D eigenvalue weighted by molar-refractivity contribution is 5.81. The molecule has 30 heavy (non-hydrogen) atoms. The molecule has 0 bridgehead atoms. The first-order chi connectivity index (χ1) is 14.5. The number of carbonyl (C=O) groups is 2. The fourth-order valence-electron chi connectivity index (χ4n) is 3.78. The number of hydrogen-bond acceptors (Lipinski definition) is 5. The quantitative estimate of drug-likeness (QED) is 0.684. The van der Waals surface area contributed by atoms with Gasteiger partial charge in [-0.15, -0.1) is 0 Å². The van der Waals surface area contributed by atoms with E-state index in [4.69, 9.17) is 9.47 Å². The molecule has 1 saturated heterocycles. The Morgan fingerprint density at radius 1 is 1.10 bits per heavy atom. The largest absolute Gasteiger partial charge is 0.548 e. The van der Waals surface area contributed by atoms with Crippen LogP contribution in [0.2, 0.25) is 0 Å². The molecule has 1 aliphatic rings. The van der Waals surface area contributed by atoms with Gasteiger partial charge >= 0.3 is 6.03 Å². The maximum atomic E-state index is 12.5. The molecule has 1 atom stereocenters. The summed E-state index contributed by atoms with van der Waals surface area (Å²) in [6, 6.07) is 15.3. The summed E-state index contributed by atoms with van der Waals surface area (Å²) in [5.74, 6) is -0.547. The number of benzene rings is 2. The highest BCUT2D eigenvalue weighted by Crippen LogP contribution is 2.35. The average molecular weight is 411 g/mol. The van der Waals surface area contributed by atoms with Gasteiger partial charge in [-0.1, -0.05) is 42.5 Å². The summed E-state index contributed by atoms with van der Waals surface area (Å²) in [5.41, 5.74) is 1.62. The summed E-state index contributed by atoms with van der Waals surface area (Å²) < 4.78 is 10.8. The molecule has 2 aromatic carbocycles. The molecule has 1 fully saturated rings. The second-order valence-electron chi connectivity index (χ2n) is 7.51. The second kappa shape index (κ2) is 10.1. The van der Waals surface area contributed by atoms with Gasteiger partial charge < -0.3 is 30.0 Å². The van der Waals surface area contributed by atoms with Crippen LogP contribution in [-0.4, -0.2) is 44.9 Å². The number of carboxylic acid groups (broad SMARTS) is 1. The van der Waals surface area contributed by atoms with Crippen LogP contribution in [0.4, 0.5) is 4.79 Å². The van der Waals surface area contributed by atoms with Crippen molar-refractivity contribution in [3.05, 3.63) is 65.7 Å². The molecule has 160 valence electrons. The van der Waals surface area contributed by atoms with Gasteiger partial charge in [-0.25, -0.2) is 4.79 Å². The fraction of sp³-hybridized carbons (Fsp3) is 0.391. The van der Waals surface area contributed by atoms with Gasteiger partial charge in [0.15, 0.2) is 0 Å². The van der Waals surface area contributed by atoms with E-state index >= 15 is 0 Å². The number of nitrogens with one attached hydrogen (secondary N) is 2. The SMILES string of the molecule is COc1ccc(C2(CNC(=O)N[C@@H](Cc3ccccc3)C(=O)[O-])CCOCC2)cc1. The van der Waals surface area contributed by atoms with Crippen molar-refractivity contribution >= 4 is 12.0 Å². The van der Waals surface area contributed by atoms with Crippen molar-refractivity contribution in [2.45, 2.75) is 30.7 Å². The molecular formula is C23H27N2O5-. The van der Waals surface area contributed by atoms with Gasteiger partial charge in [0, 0.05) is 25.2 Å². The van der Waals surface area contributed by atoms with Crippen molar-refractivity contribution in [2.75, 3.05) is 26.9 Å². The number of carboxylic acids is 1. The molecule has 7 nitrogen and oxygen atoms in total. The monoisotopic (exact) mass is 411 g/mol. The molecule has 0 aromatic heterocycles. The minimum atomic E-state index is -1.31. The molecule has 0 saturated carbocycles. The summed E-state index contributed by atoms with van der Waals surface area (Å²) in [7, 11) is 1.62. The van der Waals surface area contributed by atoms with Crippen molar-refractivity contribution in [1.29, 1.82) is 0 Å². The van der Waals surface area contributed by atoms with E-state index in [1.807, 2.05) is 54.6 Å². The second-order valence-corrected chi connectivity index (χ2v) is 7.51. The first-order valence-electron chi connectivity index (χ1n) is 10.0. The van der Waals surface area contributed by atoms with E-state index in [1.165, 1.54) is 0 Å². The third kappa shape index (κ3) is 5.51. The van der Waals surface area contributed by atoms with Crippen LogP contribution in [0.1, 0.15) is 24.0 Å². The van der Waals surface area contributed by atoms with E-state index in [2.05, 4.69) is 10.6 Å². The first-order valence-corrected chi connectivity index (χ1v) is 10.0. The normalized spacial score (nSPS) is 16.3. The standard InChI is InChI=1S/C23H28N2O5/c1-29-19-9-7-18(8-10-19)23(11-13-30-14-12-23)16-24-22(28)25-20(21(26)27)15-17-5-3-2-4-6-17/h2-10,20H,11-16H2,1H3,(H,26,27)(H2,24,25,28)/p-1/t20-/m0/s1. The van der Waals surface area contributed by atoms with Crippen LogP contribution < -0.4 is 20.5 Å². The van der Waals surface area contributed by atoms with Crippen molar-refractivity contribution in [2.24, 2.45) is 0 Å². The van der Waals surface area contributed by atoms with Gasteiger partial charge in [-0.05, 0) is 42.5 Å². The van der Waals surface area contributed by atoms with Crippen LogP contribution in [0.5, 0.6) is 5.75 Å². The number of amides is 2. The Kier molecular flexibility index (Phi) is 7.30. The van der Waals surface area contributed by atoms with Crippen LogP contribution in [0.3, 0.4) is 0 Å². The average Bonchev–Trinajstić information content (AvgIpc) is 2.78. The molecule has 3 rings (SSSR count). The van der Waals surface area contributed by atoms with Gasteiger partial charge in [-0.3, -0.25) is 0 Å². The Morgan fingerprint density at radius 2 is 1.77 bits per heavy atom. The van der Waals surface area contributed by atoms with E-state index in [-0.39, 0.29) is 11.8 Å². The van der Waals surface area contributed by atoms with Crippen LogP contribution in [0, 0.1) is 0 Å². The summed E-state index contributed by atoms with van der Waals surface area (Å²) in [4.78, 5) is 24.0. The molecule has 2 amide bonds. The van der Waals surface area contributed by atoms with Gasteiger partial charge in [0.1, 0.15) is 5.75 Å². The topological polar surface area (TPSA) is 99.7 Å². The minimum absolute atomic E-state index is 0.161. The van der Waals surface area contributed by atoms with E-state index in [0.717, 1.165) is 29.7 Å². The van der Waals surface area contributed by atoms with Gasteiger partial charge in [0.25, 0.3) is 0 Å². The number of urea groups is 1. The molecule has 0 unspecified atom stereocenters. The Balaban J connectivity index is 1.65. The van der Waals surface area contributed by atoms with Crippen LogP contribution in [0.25, 0.3) is 0 Å². The number of hydrogen-bond donors (Lipinski definition) is 2. The van der Waals surface area contributed by atoms with Crippen LogP contribution >= 0.6 is 0 Å². The first kappa shape index (κ1) is 21.6. The lowest BCUT2D eigenvalue weighted by molar-refractivity contribution is -0.308. The zero-order chi connectivity index (χ0) is 21.4. The highest BCUT2D eigenvalue weighted by Gasteiger charge is 2.35. The third-order valence-corrected chi connectivity index (χ3v) is 5.61. The molecule has 1 aliphatic heterocycles. The van der Waals surface area contributed by atoms with E-state index in [9.17, 15) is 14.7 Å². The fourth-order valence-corrected chi connectivity index (χ4v) is 3.78. The Hall–Kier alpha value is -3.06. The van der Waals surface area contributed by atoms with Gasteiger partial charge in [0.2, 0.25) is 0 Å². The van der Waals surface area contributed by atoms with Crippen molar-refractivity contribution in [1.82, 2.24) is 10.6 Å². The smallest absolute Gasteiger partial charge is 0.315 e. The summed E-state index contributed by atoms with van der Waals surface area (Å²) in [6.45, 7) is 1.58. The maximum absolute atomic E-state index is 12.5. The third-order valence-electron chi connectivity index (χ3n) is 5.61. The minimum Gasteiger partial charge on any atom is -0.548 e. The van der Waals surface area contributed by atoms with E-state index in [0.29, 0.717) is 19.8 Å². The number of carbonyl (C=O) groups excluding carboxylic acids is 2. The van der Waals surface area contributed by atoms with Crippen molar-refractivity contribution in [3.8, 4) is 5.75 Å². The molecule has 1 heterocycles. The highest BCUT2D eigenvalue weighted by atomic mass is 16.5. The zero-order valence-corrected chi connectivity index (χ0v) is 17.1. The number of rotatable bonds is 8. The van der Waals surface area contributed by atoms with Crippen LogP contribution in [0.15, 0.2) is 54.6 Å². The molecular weight excluding hydrogens is 384 g/mol. The number of methoxy groups -OCH3 is 1. The van der Waals surface area contributed by atoms with Crippen LogP contribution in [-0.2, 0) is 21.4 Å². The lowest BCUT2D eigenvalue weighted by atomic mass is 9.74. The lowest BCUT2D eigenvalue weighted by Crippen LogP contribution is -2.54. The molecule has 0 radical (unpaired) electrons. The Labute approximate surface area is 176 Å². The van der Waals surface area contributed by atoms with Gasteiger partial charge in [-0.2, -0.15) is 0 Å². The molecule has 0 spiro atoms. The predicted octanol–water partition coefficient (Wildman–Crippen LogP) is 1.40. The van der Waals surface area contributed by atoms with E-state index < -0.39 is 18.0 Å². The zero-order valence-electron chi connectivity index (χ0n) is 17.1. The maximum Gasteiger partial charge on any atom is 0.315 e. The Bertz CT molecular complexity index is 832.